The van der Waals surface area contributed by atoms with E-state index in [-0.39, 0.29) is 24.7 Å². The van der Waals surface area contributed by atoms with Crippen LogP contribution in [0.25, 0.3) is 11.1 Å². The number of nitrogens with one attached hydrogen (secondary N) is 2. The molecule has 0 saturated carbocycles. The maximum absolute atomic E-state index is 12.8. The summed E-state index contributed by atoms with van der Waals surface area (Å²) in [4.78, 5) is 33.5. The zero-order valence-electron chi connectivity index (χ0n) is 32.1. The van der Waals surface area contributed by atoms with E-state index in [2.05, 4.69) is 43.6 Å². The first-order valence-electron chi connectivity index (χ1n) is 19.9. The normalized spacial score (nSPS) is 21.0. The SMILES string of the molecule is N#Cc1cncc(COc2cc(O[C@H]3CCc4c(-c5cccc(OCCCN6CCC(O)CC6)c5Cl)cccc43)c(Cl)cc2CN2CCCC3(C2)NC(=O)NC3=O)c1. The zero-order chi connectivity index (χ0) is 40.2. The van der Waals surface area contributed by atoms with Crippen molar-refractivity contribution in [3.05, 3.63) is 105 Å². The van der Waals surface area contributed by atoms with Crippen molar-refractivity contribution in [1.82, 2.24) is 25.4 Å². The number of ether oxygens (including phenoxy) is 3. The van der Waals surface area contributed by atoms with Crippen LogP contribution in [-0.4, -0.2) is 82.8 Å². The van der Waals surface area contributed by atoms with E-state index in [9.17, 15) is 20.0 Å². The minimum absolute atomic E-state index is 0.154. The monoisotopic (exact) mass is 824 g/mol. The number of carbonyl (C=O) groups is 2. The van der Waals surface area contributed by atoms with Crippen LogP contribution in [0.5, 0.6) is 17.2 Å². The maximum atomic E-state index is 12.8. The Morgan fingerprint density at radius 3 is 2.59 bits per heavy atom. The molecule has 3 amide bonds. The van der Waals surface area contributed by atoms with Gasteiger partial charge in [-0.15, -0.1) is 0 Å². The summed E-state index contributed by atoms with van der Waals surface area (Å²) in [6.45, 7) is 4.93. The van der Waals surface area contributed by atoms with Crippen molar-refractivity contribution < 1.29 is 28.9 Å². The lowest BCUT2D eigenvalue weighted by Gasteiger charge is -2.38. The van der Waals surface area contributed by atoms with Crippen LogP contribution in [0, 0.1) is 11.3 Å². The minimum Gasteiger partial charge on any atom is -0.492 e. The molecule has 3 aromatic carbocycles. The second-order valence-electron chi connectivity index (χ2n) is 15.6. The van der Waals surface area contributed by atoms with E-state index in [4.69, 9.17) is 37.4 Å². The van der Waals surface area contributed by atoms with Gasteiger partial charge >= 0.3 is 6.03 Å². The van der Waals surface area contributed by atoms with E-state index >= 15 is 0 Å². The van der Waals surface area contributed by atoms with Crippen molar-refractivity contribution in [3.8, 4) is 34.4 Å². The number of carbonyl (C=O) groups excluding carboxylic acids is 2. The molecule has 12 nitrogen and oxygen atoms in total. The van der Waals surface area contributed by atoms with Gasteiger partial charge in [-0.3, -0.25) is 20.0 Å². The van der Waals surface area contributed by atoms with Crippen LogP contribution in [-0.2, 0) is 24.4 Å². The van der Waals surface area contributed by atoms with Gasteiger partial charge in [0.2, 0.25) is 0 Å². The molecule has 1 aliphatic carbocycles. The Hall–Kier alpha value is -4.90. The highest BCUT2D eigenvalue weighted by Crippen LogP contribution is 2.45. The number of amides is 3. The molecule has 14 heteroatoms. The van der Waals surface area contributed by atoms with E-state index in [0.29, 0.717) is 59.0 Å². The van der Waals surface area contributed by atoms with Gasteiger partial charge in [0.15, 0.2) is 0 Å². The van der Waals surface area contributed by atoms with Crippen LogP contribution >= 0.6 is 23.2 Å². The Morgan fingerprint density at radius 1 is 0.948 bits per heavy atom. The molecule has 4 aromatic rings. The molecule has 1 unspecified atom stereocenters. The predicted octanol–water partition coefficient (Wildman–Crippen LogP) is 6.97. The molecule has 0 radical (unpaired) electrons. The zero-order valence-corrected chi connectivity index (χ0v) is 33.7. The summed E-state index contributed by atoms with van der Waals surface area (Å²) >= 11 is 14.0. The number of halogens is 2. The first-order chi connectivity index (χ1) is 28.2. The molecule has 8 rings (SSSR count). The quantitative estimate of drug-likeness (QED) is 0.0954. The number of aliphatic hydroxyl groups excluding tert-OH is 1. The molecule has 2 atom stereocenters. The Balaban J connectivity index is 0.999. The number of urea groups is 1. The fourth-order valence-electron chi connectivity index (χ4n) is 8.64. The fraction of sp³-hybridized carbons (Fsp3) is 0.409. The van der Waals surface area contributed by atoms with Gasteiger partial charge in [0.05, 0.1) is 28.3 Å². The summed E-state index contributed by atoms with van der Waals surface area (Å²) < 4.78 is 19.3. The Labute approximate surface area is 348 Å². The molecule has 1 aromatic heterocycles. The number of hydrogen-bond donors (Lipinski definition) is 3. The van der Waals surface area contributed by atoms with Crippen molar-refractivity contribution in [3.63, 3.8) is 0 Å². The summed E-state index contributed by atoms with van der Waals surface area (Å²) in [6, 6.07) is 19.2. The van der Waals surface area contributed by atoms with Crippen LogP contribution in [0.2, 0.25) is 10.0 Å². The number of hydrogen-bond acceptors (Lipinski definition) is 10. The molecule has 1 spiro atoms. The highest BCUT2D eigenvalue weighted by Gasteiger charge is 2.48. The highest BCUT2D eigenvalue weighted by atomic mass is 35.5. The molecule has 3 saturated heterocycles. The number of piperidine rings is 2. The van der Waals surface area contributed by atoms with Crippen LogP contribution < -0.4 is 24.8 Å². The maximum Gasteiger partial charge on any atom is 0.322 e. The lowest BCUT2D eigenvalue weighted by atomic mass is 9.89. The lowest BCUT2D eigenvalue weighted by Crippen LogP contribution is -2.58. The van der Waals surface area contributed by atoms with Crippen LogP contribution in [0.1, 0.15) is 72.4 Å². The van der Waals surface area contributed by atoms with Gasteiger partial charge < -0.3 is 29.5 Å². The number of benzene rings is 3. The molecule has 3 fully saturated rings. The first kappa shape index (κ1) is 39.9. The second-order valence-corrected chi connectivity index (χ2v) is 16.4. The number of aromatic nitrogens is 1. The van der Waals surface area contributed by atoms with E-state index in [1.807, 2.05) is 36.4 Å². The Bertz CT molecular complexity index is 2230. The standard InChI is InChI=1S/C44H46Cl2N6O6/c45-36-20-30(25-52-14-3-13-44(27-52)42(54)49-43(55)50-44)39(57-26-29-19-28(22-47)23-48-24-29)21-40(36)58-37-10-9-33-32(5-1-6-34(33)37)35-7-2-8-38(41(35)46)56-18-4-15-51-16-11-31(53)12-17-51/h1-2,5-8,19-21,23-24,31,37,53H,3-4,9-18,25-27H2,(H2,49,50,54,55)/t37-,44?/m0/s1. The highest BCUT2D eigenvalue weighted by molar-refractivity contribution is 6.35. The fourth-order valence-corrected chi connectivity index (χ4v) is 9.15. The van der Waals surface area contributed by atoms with Gasteiger partial charge in [-0.25, -0.2) is 4.79 Å². The minimum atomic E-state index is -0.973. The number of nitrogens with zero attached hydrogens (tertiary/aromatic N) is 4. The molecular weight excluding hydrogens is 779 g/mol. The van der Waals surface area contributed by atoms with Gasteiger partial charge in [0, 0.05) is 67.9 Å². The number of rotatable bonds is 13. The first-order valence-corrected chi connectivity index (χ1v) is 20.7. The van der Waals surface area contributed by atoms with Crippen molar-refractivity contribution in [1.29, 1.82) is 5.26 Å². The lowest BCUT2D eigenvalue weighted by molar-refractivity contribution is -0.126. The number of likely N-dealkylation sites (tertiary alicyclic amines) is 2. The van der Waals surface area contributed by atoms with Crippen molar-refractivity contribution >= 4 is 35.1 Å². The van der Waals surface area contributed by atoms with Crippen LogP contribution in [0.3, 0.4) is 0 Å². The van der Waals surface area contributed by atoms with Gasteiger partial charge in [-0.05, 0) is 86.4 Å². The van der Waals surface area contributed by atoms with Crippen molar-refractivity contribution in [2.75, 3.05) is 39.3 Å². The molecule has 58 heavy (non-hydrogen) atoms. The topological polar surface area (TPSA) is 149 Å². The van der Waals surface area contributed by atoms with Crippen LogP contribution in [0.15, 0.2) is 67.0 Å². The summed E-state index contributed by atoms with van der Waals surface area (Å²) in [5.41, 5.74) is 5.15. The second kappa shape index (κ2) is 17.5. The molecular formula is C44H46Cl2N6O6. The average Bonchev–Trinajstić information content (AvgIpc) is 3.76. The van der Waals surface area contributed by atoms with E-state index in [1.54, 1.807) is 12.3 Å². The number of pyridine rings is 1. The van der Waals surface area contributed by atoms with Crippen LogP contribution in [0.4, 0.5) is 4.79 Å². The molecule has 3 N–H and O–H groups in total. The number of fused-ring (bicyclic) bond motifs is 1. The molecule has 302 valence electrons. The van der Waals surface area contributed by atoms with Gasteiger partial charge in [0.1, 0.15) is 41.6 Å². The molecule has 4 aliphatic rings. The molecule has 4 heterocycles. The number of imide groups is 1. The van der Waals surface area contributed by atoms with E-state index in [0.717, 1.165) is 98.1 Å². The Kier molecular flexibility index (Phi) is 12.1. The third-order valence-corrected chi connectivity index (χ3v) is 12.3. The van der Waals surface area contributed by atoms with Gasteiger partial charge in [0.25, 0.3) is 5.91 Å². The summed E-state index contributed by atoms with van der Waals surface area (Å²) in [7, 11) is 0. The smallest absolute Gasteiger partial charge is 0.322 e. The largest absolute Gasteiger partial charge is 0.492 e. The number of nitriles is 1. The van der Waals surface area contributed by atoms with E-state index < -0.39 is 11.6 Å². The third-order valence-electron chi connectivity index (χ3n) is 11.6. The third kappa shape index (κ3) is 8.75. The summed E-state index contributed by atoms with van der Waals surface area (Å²) in [5, 5.41) is 25.5. The van der Waals surface area contributed by atoms with Crippen molar-refractivity contribution in [2.24, 2.45) is 0 Å². The van der Waals surface area contributed by atoms with E-state index in [1.165, 1.54) is 6.20 Å². The molecule has 3 aliphatic heterocycles. The summed E-state index contributed by atoms with van der Waals surface area (Å²) in [5.74, 6) is 1.36. The van der Waals surface area contributed by atoms with Gasteiger partial charge in [-0.2, -0.15) is 5.26 Å². The average molecular weight is 826 g/mol. The number of aliphatic hydroxyl groups is 1. The van der Waals surface area contributed by atoms with Gasteiger partial charge in [-0.1, -0.05) is 53.5 Å². The van der Waals surface area contributed by atoms with Crippen molar-refractivity contribution in [2.45, 2.75) is 75.8 Å². The predicted molar refractivity (Wildman–Crippen MR) is 219 cm³/mol. The Morgan fingerprint density at radius 2 is 1.78 bits per heavy atom. The molecule has 0 bridgehead atoms. The summed E-state index contributed by atoms with van der Waals surface area (Å²) in [6.07, 6.45) is 8.02.